The molecular weight excluding hydrogens is 472 g/mol. The molecule has 0 saturated carbocycles. The summed E-state index contributed by atoms with van der Waals surface area (Å²) in [6.07, 6.45) is 5.74. The van der Waals surface area contributed by atoms with Crippen molar-refractivity contribution in [2.75, 3.05) is 0 Å². The first kappa shape index (κ1) is 22.2. The molecule has 2 heterocycles. The Labute approximate surface area is 228 Å². The number of fused-ring (bicyclic) bond motifs is 6. The van der Waals surface area contributed by atoms with Crippen LogP contribution in [0, 0.1) is 5.92 Å². The summed E-state index contributed by atoms with van der Waals surface area (Å²) in [5.74, 6) is 0.574. The first-order valence-corrected chi connectivity index (χ1v) is 13.8. The SMILES string of the molecule is CC1C=Cc2c(c3ccccc3n2-c2ccc(-c3ccc(-n4c5ccccc5c5ccccc54)cc3)cc2)C1. The fraction of sp³-hybridized carbons (Fsp3) is 0.0811. The van der Waals surface area contributed by atoms with Crippen LogP contribution in [0.25, 0.3) is 61.3 Å². The Hall–Kier alpha value is -4.82. The van der Waals surface area contributed by atoms with Crippen molar-refractivity contribution in [3.05, 3.63) is 139 Å². The topological polar surface area (TPSA) is 9.86 Å². The zero-order valence-corrected chi connectivity index (χ0v) is 21.9. The molecule has 2 nitrogen and oxygen atoms in total. The third kappa shape index (κ3) is 3.42. The molecule has 7 aromatic rings. The molecule has 8 rings (SSSR count). The van der Waals surface area contributed by atoms with E-state index in [1.165, 1.54) is 66.5 Å². The van der Waals surface area contributed by atoms with Crippen LogP contribution in [0.4, 0.5) is 0 Å². The summed E-state index contributed by atoms with van der Waals surface area (Å²) in [5.41, 5.74) is 11.4. The average Bonchev–Trinajstić information content (AvgIpc) is 3.50. The standard InChI is InChI=1S/C37H28N2/c1-25-14-23-37-33(24-25)32-10-4-7-13-36(32)39(37)29-21-17-27(18-22-29)26-15-19-28(20-16-26)38-34-11-5-2-8-30(34)31-9-3-6-12-35(31)38/h2-23,25H,24H2,1H3. The maximum Gasteiger partial charge on any atom is 0.0541 e. The molecule has 1 aliphatic carbocycles. The molecule has 1 atom stereocenters. The maximum atomic E-state index is 2.42. The molecule has 0 radical (unpaired) electrons. The van der Waals surface area contributed by atoms with Crippen molar-refractivity contribution >= 4 is 38.8 Å². The minimum Gasteiger partial charge on any atom is -0.310 e. The van der Waals surface area contributed by atoms with Crippen molar-refractivity contribution in [3.8, 4) is 22.5 Å². The Balaban J connectivity index is 1.18. The molecule has 0 amide bonds. The quantitative estimate of drug-likeness (QED) is 0.229. The number of para-hydroxylation sites is 3. The Morgan fingerprint density at radius 1 is 0.513 bits per heavy atom. The average molecular weight is 501 g/mol. The minimum atomic E-state index is 0.574. The van der Waals surface area contributed by atoms with E-state index in [4.69, 9.17) is 0 Å². The van der Waals surface area contributed by atoms with Gasteiger partial charge in [0.25, 0.3) is 0 Å². The monoisotopic (exact) mass is 500 g/mol. The molecule has 0 spiro atoms. The molecule has 0 saturated heterocycles. The smallest absolute Gasteiger partial charge is 0.0541 e. The first-order chi connectivity index (χ1) is 19.3. The highest BCUT2D eigenvalue weighted by Crippen LogP contribution is 2.36. The fourth-order valence-corrected chi connectivity index (χ4v) is 6.45. The van der Waals surface area contributed by atoms with E-state index in [1.807, 2.05) is 0 Å². The second-order valence-corrected chi connectivity index (χ2v) is 10.7. The van der Waals surface area contributed by atoms with E-state index in [0.717, 1.165) is 6.42 Å². The Morgan fingerprint density at radius 3 is 1.54 bits per heavy atom. The van der Waals surface area contributed by atoms with Gasteiger partial charge in [0.2, 0.25) is 0 Å². The van der Waals surface area contributed by atoms with Crippen LogP contribution in [-0.4, -0.2) is 9.13 Å². The van der Waals surface area contributed by atoms with E-state index < -0.39 is 0 Å². The molecule has 1 aliphatic rings. The van der Waals surface area contributed by atoms with Crippen LogP contribution in [0.5, 0.6) is 0 Å². The van der Waals surface area contributed by atoms with Gasteiger partial charge in [-0.15, -0.1) is 0 Å². The van der Waals surface area contributed by atoms with E-state index in [0.29, 0.717) is 5.92 Å². The second kappa shape index (κ2) is 8.61. The molecular formula is C37H28N2. The third-order valence-corrected chi connectivity index (χ3v) is 8.29. The maximum absolute atomic E-state index is 2.42. The summed E-state index contributed by atoms with van der Waals surface area (Å²) in [6, 6.07) is 44.1. The molecule has 5 aromatic carbocycles. The summed E-state index contributed by atoms with van der Waals surface area (Å²) in [6.45, 7) is 2.30. The lowest BCUT2D eigenvalue weighted by Crippen LogP contribution is -2.05. The highest BCUT2D eigenvalue weighted by atomic mass is 15.0. The van der Waals surface area contributed by atoms with Crippen LogP contribution in [0.1, 0.15) is 18.2 Å². The lowest BCUT2D eigenvalue weighted by atomic mass is 9.93. The number of nitrogens with zero attached hydrogens (tertiary/aromatic N) is 2. The summed E-state index contributed by atoms with van der Waals surface area (Å²) in [7, 11) is 0. The van der Waals surface area contributed by atoms with Gasteiger partial charge in [-0.1, -0.05) is 91.9 Å². The number of hydrogen-bond donors (Lipinski definition) is 0. The van der Waals surface area contributed by atoms with Gasteiger partial charge in [-0.25, -0.2) is 0 Å². The largest absolute Gasteiger partial charge is 0.310 e. The van der Waals surface area contributed by atoms with E-state index in [1.54, 1.807) is 0 Å². The number of rotatable bonds is 3. The van der Waals surface area contributed by atoms with Gasteiger partial charge in [0.1, 0.15) is 0 Å². The van der Waals surface area contributed by atoms with Gasteiger partial charge in [-0.3, -0.25) is 0 Å². The van der Waals surface area contributed by atoms with Crippen LogP contribution in [-0.2, 0) is 6.42 Å². The van der Waals surface area contributed by atoms with E-state index >= 15 is 0 Å². The van der Waals surface area contributed by atoms with E-state index in [9.17, 15) is 0 Å². The molecule has 186 valence electrons. The number of hydrogen-bond acceptors (Lipinski definition) is 0. The summed E-state index contributed by atoms with van der Waals surface area (Å²) >= 11 is 0. The Bertz CT molecular complexity index is 1980. The van der Waals surface area contributed by atoms with Crippen molar-refractivity contribution < 1.29 is 0 Å². The van der Waals surface area contributed by atoms with E-state index in [2.05, 4.69) is 150 Å². The molecule has 0 bridgehead atoms. The highest BCUT2D eigenvalue weighted by molar-refractivity contribution is 6.09. The van der Waals surface area contributed by atoms with Crippen LogP contribution in [0.15, 0.2) is 127 Å². The van der Waals surface area contributed by atoms with Crippen LogP contribution in [0.3, 0.4) is 0 Å². The summed E-state index contributed by atoms with van der Waals surface area (Å²) in [4.78, 5) is 0. The summed E-state index contributed by atoms with van der Waals surface area (Å²) < 4.78 is 4.79. The highest BCUT2D eigenvalue weighted by Gasteiger charge is 2.20. The Kier molecular flexibility index (Phi) is 4.90. The third-order valence-electron chi connectivity index (χ3n) is 8.29. The first-order valence-electron chi connectivity index (χ1n) is 13.8. The van der Waals surface area contributed by atoms with Gasteiger partial charge in [0.05, 0.1) is 16.6 Å². The van der Waals surface area contributed by atoms with Gasteiger partial charge in [0, 0.05) is 33.2 Å². The summed E-state index contributed by atoms with van der Waals surface area (Å²) in [5, 5.41) is 3.95. The Morgan fingerprint density at radius 2 is 0.974 bits per heavy atom. The number of allylic oxidation sites excluding steroid dienone is 1. The van der Waals surface area contributed by atoms with Crippen molar-refractivity contribution in [2.24, 2.45) is 5.92 Å². The second-order valence-electron chi connectivity index (χ2n) is 10.7. The van der Waals surface area contributed by atoms with Crippen molar-refractivity contribution in [1.82, 2.24) is 9.13 Å². The van der Waals surface area contributed by atoms with E-state index in [-0.39, 0.29) is 0 Å². The molecule has 1 unspecified atom stereocenters. The normalized spacial score (nSPS) is 14.8. The molecule has 2 aromatic heterocycles. The van der Waals surface area contributed by atoms with Crippen LogP contribution in [0.2, 0.25) is 0 Å². The van der Waals surface area contributed by atoms with Gasteiger partial charge < -0.3 is 9.13 Å². The van der Waals surface area contributed by atoms with Crippen molar-refractivity contribution in [3.63, 3.8) is 0 Å². The van der Waals surface area contributed by atoms with Gasteiger partial charge in [0.15, 0.2) is 0 Å². The molecule has 0 fully saturated rings. The minimum absolute atomic E-state index is 0.574. The van der Waals surface area contributed by atoms with Crippen LogP contribution < -0.4 is 0 Å². The molecule has 39 heavy (non-hydrogen) atoms. The zero-order chi connectivity index (χ0) is 25.9. The fourth-order valence-electron chi connectivity index (χ4n) is 6.45. The number of benzene rings is 5. The lowest BCUT2D eigenvalue weighted by molar-refractivity contribution is 0.718. The predicted octanol–water partition coefficient (Wildman–Crippen LogP) is 9.60. The van der Waals surface area contributed by atoms with Crippen LogP contribution >= 0.6 is 0 Å². The number of aromatic nitrogens is 2. The van der Waals surface area contributed by atoms with Gasteiger partial charge in [-0.2, -0.15) is 0 Å². The zero-order valence-electron chi connectivity index (χ0n) is 21.9. The van der Waals surface area contributed by atoms with Gasteiger partial charge >= 0.3 is 0 Å². The molecule has 2 heteroatoms. The predicted molar refractivity (Wildman–Crippen MR) is 165 cm³/mol. The molecule has 0 N–H and O–H groups in total. The lowest BCUT2D eigenvalue weighted by Gasteiger charge is -2.16. The van der Waals surface area contributed by atoms with Crippen molar-refractivity contribution in [1.29, 1.82) is 0 Å². The van der Waals surface area contributed by atoms with Crippen molar-refractivity contribution in [2.45, 2.75) is 13.3 Å². The van der Waals surface area contributed by atoms with Gasteiger partial charge in [-0.05, 0) is 77.6 Å². The molecule has 0 aliphatic heterocycles.